The first-order valence-electron chi connectivity index (χ1n) is 9.68. The van der Waals surface area contributed by atoms with Gasteiger partial charge in [0.15, 0.2) is 0 Å². The molecule has 0 saturated heterocycles. The molecule has 1 atom stereocenters. The van der Waals surface area contributed by atoms with Gasteiger partial charge in [-0.25, -0.2) is 10.0 Å². The molecule has 1 aliphatic carbocycles. The van der Waals surface area contributed by atoms with E-state index in [4.69, 9.17) is 0 Å². The van der Waals surface area contributed by atoms with E-state index in [2.05, 4.69) is 32.7 Å². The second-order valence-corrected chi connectivity index (χ2v) is 7.75. The van der Waals surface area contributed by atoms with Crippen molar-refractivity contribution >= 4 is 18.3 Å². The zero-order valence-electron chi connectivity index (χ0n) is 16.8. The molecule has 0 unspecified atom stereocenters. The first kappa shape index (κ1) is 22.0. The second kappa shape index (κ2) is 10.9. The van der Waals surface area contributed by atoms with E-state index in [0.29, 0.717) is 29.6 Å². The predicted octanol–water partition coefficient (Wildman–Crippen LogP) is 0.709. The number of nitrogens with zero attached hydrogens (tertiary/aromatic N) is 5. The number of likely N-dealkylation sites (N-methyl/N-ethyl adjacent to an activating group) is 1. The summed E-state index contributed by atoms with van der Waals surface area (Å²) < 4.78 is 0. The Balaban J connectivity index is 1.96. The molecular formula is C18H31N7O3. The van der Waals surface area contributed by atoms with Crippen LogP contribution in [0.25, 0.3) is 0 Å². The molecule has 0 spiro atoms. The number of hydrazine groups is 1. The highest BCUT2D eigenvalue weighted by molar-refractivity contribution is 5.80. The third-order valence-corrected chi connectivity index (χ3v) is 5.17. The minimum Gasteiger partial charge on any atom is -0.309 e. The number of hydroxylamine groups is 2. The maximum atomic E-state index is 12.7. The SMILES string of the molecule is CC1CCC([C@H](CN(O)C=O)C(=O)NNc2ncnc(CCN(C)C)n2)CC1. The van der Waals surface area contributed by atoms with Crippen LogP contribution in [0.4, 0.5) is 5.95 Å². The van der Waals surface area contributed by atoms with Gasteiger partial charge in [-0.1, -0.05) is 19.8 Å². The Bertz CT molecular complexity index is 635. The topological polar surface area (TPSA) is 124 Å². The molecule has 0 aromatic carbocycles. The lowest BCUT2D eigenvalue weighted by molar-refractivity contribution is -0.156. The summed E-state index contributed by atoms with van der Waals surface area (Å²) in [6.45, 7) is 2.96. The van der Waals surface area contributed by atoms with Crippen LogP contribution in [0.3, 0.4) is 0 Å². The summed E-state index contributed by atoms with van der Waals surface area (Å²) in [5.41, 5.74) is 5.35. The van der Waals surface area contributed by atoms with E-state index in [1.807, 2.05) is 19.0 Å². The van der Waals surface area contributed by atoms with Gasteiger partial charge in [0.1, 0.15) is 12.2 Å². The molecule has 10 heteroatoms. The van der Waals surface area contributed by atoms with Crippen LogP contribution in [0, 0.1) is 17.8 Å². The highest BCUT2D eigenvalue weighted by Crippen LogP contribution is 2.33. The van der Waals surface area contributed by atoms with Gasteiger partial charge < -0.3 is 4.90 Å². The fourth-order valence-electron chi connectivity index (χ4n) is 3.42. The molecule has 0 aliphatic heterocycles. The Morgan fingerprint density at radius 1 is 1.32 bits per heavy atom. The molecule has 10 nitrogen and oxygen atoms in total. The summed E-state index contributed by atoms with van der Waals surface area (Å²) in [5, 5.41) is 10.1. The Morgan fingerprint density at radius 3 is 2.68 bits per heavy atom. The summed E-state index contributed by atoms with van der Waals surface area (Å²) in [6.07, 6.45) is 6.25. The summed E-state index contributed by atoms with van der Waals surface area (Å²) in [5.74, 6) is 0.827. The van der Waals surface area contributed by atoms with Gasteiger partial charge in [0, 0.05) is 13.0 Å². The lowest BCUT2D eigenvalue weighted by Gasteiger charge is -2.32. The van der Waals surface area contributed by atoms with Gasteiger partial charge in [0.05, 0.1) is 12.5 Å². The number of amides is 2. The van der Waals surface area contributed by atoms with Crippen molar-refractivity contribution in [2.24, 2.45) is 17.8 Å². The first-order valence-corrected chi connectivity index (χ1v) is 9.68. The minimum atomic E-state index is -0.509. The van der Waals surface area contributed by atoms with Crippen molar-refractivity contribution < 1.29 is 14.8 Å². The van der Waals surface area contributed by atoms with Crippen molar-refractivity contribution in [3.05, 3.63) is 12.2 Å². The third kappa shape index (κ3) is 7.01. The minimum absolute atomic E-state index is 0.0403. The molecule has 1 heterocycles. The van der Waals surface area contributed by atoms with Crippen LogP contribution >= 0.6 is 0 Å². The van der Waals surface area contributed by atoms with Crippen LogP contribution < -0.4 is 10.9 Å². The average Bonchev–Trinajstić information content (AvgIpc) is 2.69. The molecule has 28 heavy (non-hydrogen) atoms. The predicted molar refractivity (Wildman–Crippen MR) is 103 cm³/mol. The Labute approximate surface area is 165 Å². The maximum absolute atomic E-state index is 12.7. The number of hydrogen-bond donors (Lipinski definition) is 3. The fourth-order valence-corrected chi connectivity index (χ4v) is 3.42. The Kier molecular flexibility index (Phi) is 8.52. The number of nitrogens with one attached hydrogen (secondary N) is 2. The number of rotatable bonds is 10. The lowest BCUT2D eigenvalue weighted by atomic mass is 9.76. The highest BCUT2D eigenvalue weighted by Gasteiger charge is 2.32. The monoisotopic (exact) mass is 393 g/mol. The van der Waals surface area contributed by atoms with Crippen LogP contribution in [-0.2, 0) is 16.0 Å². The van der Waals surface area contributed by atoms with Crippen molar-refractivity contribution in [1.29, 1.82) is 0 Å². The van der Waals surface area contributed by atoms with Crippen LogP contribution in [0.5, 0.6) is 0 Å². The third-order valence-electron chi connectivity index (χ3n) is 5.17. The van der Waals surface area contributed by atoms with Gasteiger partial charge in [0.25, 0.3) is 0 Å². The summed E-state index contributed by atoms with van der Waals surface area (Å²) in [4.78, 5) is 38.0. The van der Waals surface area contributed by atoms with E-state index in [-0.39, 0.29) is 24.3 Å². The largest absolute Gasteiger partial charge is 0.309 e. The summed E-state index contributed by atoms with van der Waals surface area (Å²) in [7, 11) is 3.94. The van der Waals surface area contributed by atoms with E-state index in [1.165, 1.54) is 6.33 Å². The molecule has 156 valence electrons. The van der Waals surface area contributed by atoms with E-state index in [1.54, 1.807) is 0 Å². The van der Waals surface area contributed by atoms with Gasteiger partial charge in [-0.05, 0) is 38.8 Å². The highest BCUT2D eigenvalue weighted by atomic mass is 16.5. The van der Waals surface area contributed by atoms with Crippen molar-refractivity contribution in [2.45, 2.75) is 39.0 Å². The molecule has 0 bridgehead atoms. The van der Waals surface area contributed by atoms with Crippen molar-refractivity contribution in [1.82, 2.24) is 30.3 Å². The number of hydrogen-bond acceptors (Lipinski definition) is 8. The Morgan fingerprint density at radius 2 is 2.04 bits per heavy atom. The van der Waals surface area contributed by atoms with Gasteiger partial charge in [-0.15, -0.1) is 0 Å². The second-order valence-electron chi connectivity index (χ2n) is 7.75. The number of carbonyl (C=O) groups is 2. The van der Waals surface area contributed by atoms with E-state index >= 15 is 0 Å². The molecule has 1 saturated carbocycles. The molecule has 2 amide bonds. The zero-order valence-corrected chi connectivity index (χ0v) is 16.8. The fraction of sp³-hybridized carbons (Fsp3) is 0.722. The smallest absolute Gasteiger partial charge is 0.245 e. The number of anilines is 1. The van der Waals surface area contributed by atoms with Gasteiger partial charge in [-0.3, -0.25) is 25.6 Å². The standard InChI is InChI=1S/C18H31N7O3/c1-13-4-6-14(7-5-13)15(10-25(28)12-26)17(27)22-23-18-20-11-19-16(21-18)8-9-24(2)3/h11-15,28H,4-10H2,1-3H3,(H,22,27)(H,19,20,21,23)/t13?,14?,15-/m0/s1. The van der Waals surface area contributed by atoms with Crippen molar-refractivity contribution in [3.63, 3.8) is 0 Å². The summed E-state index contributed by atoms with van der Waals surface area (Å²) in [6, 6.07) is 0. The van der Waals surface area contributed by atoms with Crippen LogP contribution in [0.1, 0.15) is 38.4 Å². The molecule has 1 aliphatic rings. The van der Waals surface area contributed by atoms with Crippen molar-refractivity contribution in [2.75, 3.05) is 32.6 Å². The zero-order chi connectivity index (χ0) is 20.5. The van der Waals surface area contributed by atoms with E-state index < -0.39 is 5.92 Å². The normalized spacial score (nSPS) is 20.5. The number of carbonyl (C=O) groups excluding carboxylic acids is 2. The quantitative estimate of drug-likeness (QED) is 0.302. The van der Waals surface area contributed by atoms with Gasteiger partial charge in [0.2, 0.25) is 18.3 Å². The average molecular weight is 393 g/mol. The van der Waals surface area contributed by atoms with Crippen molar-refractivity contribution in [3.8, 4) is 0 Å². The molecule has 1 aromatic rings. The lowest BCUT2D eigenvalue weighted by Crippen LogP contribution is -2.44. The van der Waals surface area contributed by atoms with Gasteiger partial charge >= 0.3 is 0 Å². The van der Waals surface area contributed by atoms with Crippen LogP contribution in [0.15, 0.2) is 6.33 Å². The van der Waals surface area contributed by atoms with Gasteiger partial charge in [-0.2, -0.15) is 9.97 Å². The molecular weight excluding hydrogens is 362 g/mol. The molecule has 1 aromatic heterocycles. The van der Waals surface area contributed by atoms with Crippen LogP contribution in [0.2, 0.25) is 0 Å². The van der Waals surface area contributed by atoms with E-state index in [0.717, 1.165) is 32.2 Å². The van der Waals surface area contributed by atoms with Crippen LogP contribution in [-0.4, -0.2) is 69.6 Å². The molecule has 0 radical (unpaired) electrons. The summed E-state index contributed by atoms with van der Waals surface area (Å²) >= 11 is 0. The van der Waals surface area contributed by atoms with E-state index in [9.17, 15) is 14.8 Å². The molecule has 1 fully saturated rings. The number of aromatic nitrogens is 3. The maximum Gasteiger partial charge on any atom is 0.245 e. The Hall–Kier alpha value is -2.33. The molecule has 3 N–H and O–H groups in total. The first-order chi connectivity index (χ1) is 13.4. The molecule has 2 rings (SSSR count).